The number of hydrogen-bond acceptors (Lipinski definition) is 3. The van der Waals surface area contributed by atoms with Gasteiger partial charge in [-0.2, -0.15) is 0 Å². The summed E-state index contributed by atoms with van der Waals surface area (Å²) in [6.07, 6.45) is 4.60. The van der Waals surface area contributed by atoms with Crippen molar-refractivity contribution < 1.29 is 4.79 Å². The van der Waals surface area contributed by atoms with Crippen molar-refractivity contribution in [2.45, 2.75) is 39.2 Å². The predicted octanol–water partition coefficient (Wildman–Crippen LogP) is 5.90. The Morgan fingerprint density at radius 3 is 2.66 bits per heavy atom. The number of nitrogens with zero attached hydrogens (tertiary/aromatic N) is 2. The minimum atomic E-state index is -0.226. The van der Waals surface area contributed by atoms with E-state index in [0.29, 0.717) is 13.0 Å². The van der Waals surface area contributed by atoms with Gasteiger partial charge < -0.3 is 10.2 Å². The van der Waals surface area contributed by atoms with Gasteiger partial charge in [-0.1, -0.05) is 66.0 Å². The van der Waals surface area contributed by atoms with Gasteiger partial charge in [0.05, 0.1) is 6.04 Å². The second kappa shape index (κ2) is 9.70. The van der Waals surface area contributed by atoms with Crippen molar-refractivity contribution in [1.29, 1.82) is 0 Å². The smallest absolute Gasteiger partial charge is 0.244 e. The van der Waals surface area contributed by atoms with Crippen LogP contribution in [0.3, 0.4) is 0 Å². The van der Waals surface area contributed by atoms with Gasteiger partial charge in [-0.15, -0.1) is 0 Å². The van der Waals surface area contributed by atoms with Crippen LogP contribution >= 0.6 is 23.2 Å². The van der Waals surface area contributed by atoms with E-state index in [-0.39, 0.29) is 11.9 Å². The molecule has 2 aromatic rings. The Labute approximate surface area is 200 Å². The summed E-state index contributed by atoms with van der Waals surface area (Å²) in [5.41, 5.74) is 6.40. The average Bonchev–Trinajstić information content (AvgIpc) is 2.78. The molecule has 0 radical (unpaired) electrons. The zero-order chi connectivity index (χ0) is 22.8. The lowest BCUT2D eigenvalue weighted by Crippen LogP contribution is -2.54. The molecule has 32 heavy (non-hydrogen) atoms. The third-order valence-corrected chi connectivity index (χ3v) is 7.10. The van der Waals surface area contributed by atoms with Crippen molar-refractivity contribution in [3.8, 4) is 0 Å². The molecular formula is C26H29Cl2N3O. The van der Waals surface area contributed by atoms with Crippen LogP contribution < -0.4 is 10.2 Å². The van der Waals surface area contributed by atoms with E-state index in [2.05, 4.69) is 30.1 Å². The van der Waals surface area contributed by atoms with E-state index in [1.54, 1.807) is 4.90 Å². The van der Waals surface area contributed by atoms with Gasteiger partial charge in [0.2, 0.25) is 5.91 Å². The van der Waals surface area contributed by atoms with E-state index in [1.165, 1.54) is 5.57 Å². The zero-order valence-electron chi connectivity index (χ0n) is 18.8. The first-order valence-electron chi connectivity index (χ1n) is 11.1. The summed E-state index contributed by atoms with van der Waals surface area (Å²) in [6, 6.07) is 13.4. The van der Waals surface area contributed by atoms with Crippen LogP contribution in [0.2, 0.25) is 10.0 Å². The van der Waals surface area contributed by atoms with Crippen molar-refractivity contribution in [3.63, 3.8) is 0 Å². The van der Waals surface area contributed by atoms with E-state index < -0.39 is 0 Å². The van der Waals surface area contributed by atoms with Crippen LogP contribution in [0.1, 0.15) is 37.8 Å². The SMILES string of the molecule is CC/C=C(/NC1=C(C)CCN(C2Cc3c(Cl)cccc3N(C)C2=O)C1)c1ccccc1Cl. The second-order valence-corrected chi connectivity index (χ2v) is 9.28. The van der Waals surface area contributed by atoms with Crippen LogP contribution in [0.5, 0.6) is 0 Å². The highest BCUT2D eigenvalue weighted by Gasteiger charge is 2.37. The Hall–Kier alpha value is -2.27. The van der Waals surface area contributed by atoms with Crippen LogP contribution in [0, 0.1) is 0 Å². The highest BCUT2D eigenvalue weighted by molar-refractivity contribution is 6.32. The molecule has 4 rings (SSSR count). The number of carbonyl (C=O) groups is 1. The van der Waals surface area contributed by atoms with Gasteiger partial charge in [0.15, 0.2) is 0 Å². The maximum absolute atomic E-state index is 13.3. The molecule has 168 valence electrons. The largest absolute Gasteiger partial charge is 0.358 e. The lowest BCUT2D eigenvalue weighted by atomic mass is 9.94. The first kappa shape index (κ1) is 22.9. The van der Waals surface area contributed by atoms with Crippen molar-refractivity contribution in [3.05, 3.63) is 81.0 Å². The molecule has 0 saturated heterocycles. The molecule has 2 aliphatic rings. The Morgan fingerprint density at radius 1 is 1.16 bits per heavy atom. The second-order valence-electron chi connectivity index (χ2n) is 8.46. The third kappa shape index (κ3) is 4.45. The van der Waals surface area contributed by atoms with Crippen LogP contribution in [0.25, 0.3) is 5.70 Å². The van der Waals surface area contributed by atoms with E-state index in [0.717, 1.165) is 57.6 Å². The molecule has 0 bridgehead atoms. The number of anilines is 1. The van der Waals surface area contributed by atoms with E-state index in [4.69, 9.17) is 23.2 Å². The predicted molar refractivity (Wildman–Crippen MR) is 134 cm³/mol. The molecule has 0 fully saturated rings. The minimum Gasteiger partial charge on any atom is -0.358 e. The summed E-state index contributed by atoms with van der Waals surface area (Å²) in [7, 11) is 1.84. The number of rotatable bonds is 5. The van der Waals surface area contributed by atoms with E-state index >= 15 is 0 Å². The third-order valence-electron chi connectivity index (χ3n) is 6.42. The maximum Gasteiger partial charge on any atom is 0.244 e. The van der Waals surface area contributed by atoms with Crippen LogP contribution in [-0.2, 0) is 11.2 Å². The van der Waals surface area contributed by atoms with Crippen LogP contribution in [0.15, 0.2) is 59.8 Å². The highest BCUT2D eigenvalue weighted by atomic mass is 35.5. The number of likely N-dealkylation sites (N-methyl/N-ethyl adjacent to an activating group) is 1. The molecule has 2 aromatic carbocycles. The summed E-state index contributed by atoms with van der Waals surface area (Å²) in [6.45, 7) is 5.81. The van der Waals surface area contributed by atoms with Crippen molar-refractivity contribution >= 4 is 40.5 Å². The number of allylic oxidation sites excluding steroid dienone is 1. The van der Waals surface area contributed by atoms with E-state index in [9.17, 15) is 4.79 Å². The van der Waals surface area contributed by atoms with Gasteiger partial charge in [-0.25, -0.2) is 0 Å². The average molecular weight is 470 g/mol. The van der Waals surface area contributed by atoms with Crippen molar-refractivity contribution in [2.24, 2.45) is 0 Å². The van der Waals surface area contributed by atoms with Gasteiger partial charge >= 0.3 is 0 Å². The molecule has 4 nitrogen and oxygen atoms in total. The first-order chi connectivity index (χ1) is 15.4. The molecule has 0 aliphatic carbocycles. The Bertz CT molecular complexity index is 1090. The van der Waals surface area contributed by atoms with Gasteiger partial charge in [0, 0.05) is 59.2 Å². The van der Waals surface area contributed by atoms with Crippen LogP contribution in [-0.4, -0.2) is 37.0 Å². The standard InChI is InChI=1S/C26H29Cl2N3O/c1-4-8-22(18-9-5-6-10-20(18)27)29-23-16-31(14-13-17(23)2)25-15-19-21(28)11-7-12-24(19)30(3)26(25)32/h5-12,25,29H,4,13-16H2,1-3H3/b22-8+. The zero-order valence-corrected chi connectivity index (χ0v) is 20.3. The lowest BCUT2D eigenvalue weighted by molar-refractivity contribution is -0.124. The fourth-order valence-corrected chi connectivity index (χ4v) is 5.02. The minimum absolute atomic E-state index is 0.120. The fourth-order valence-electron chi connectivity index (χ4n) is 4.54. The van der Waals surface area contributed by atoms with Gasteiger partial charge in [-0.3, -0.25) is 9.69 Å². The Balaban J connectivity index is 1.58. The van der Waals surface area contributed by atoms with E-state index in [1.807, 2.05) is 49.5 Å². The number of nitrogens with one attached hydrogen (secondary N) is 1. The number of halogens is 2. The van der Waals surface area contributed by atoms with Crippen LogP contribution in [0.4, 0.5) is 5.69 Å². The number of fused-ring (bicyclic) bond motifs is 1. The molecule has 2 aliphatic heterocycles. The topological polar surface area (TPSA) is 35.6 Å². The molecular weight excluding hydrogens is 441 g/mol. The maximum atomic E-state index is 13.3. The lowest BCUT2D eigenvalue weighted by Gasteiger charge is -2.41. The molecule has 0 spiro atoms. The van der Waals surface area contributed by atoms with Gasteiger partial charge in [-0.05, 0) is 43.5 Å². The van der Waals surface area contributed by atoms with Crippen molar-refractivity contribution in [2.75, 3.05) is 25.0 Å². The normalized spacial score (nSPS) is 19.9. The summed E-state index contributed by atoms with van der Waals surface area (Å²) in [5, 5.41) is 5.10. The summed E-state index contributed by atoms with van der Waals surface area (Å²) >= 11 is 13.0. The molecule has 6 heteroatoms. The Morgan fingerprint density at radius 2 is 1.91 bits per heavy atom. The molecule has 1 N–H and O–H groups in total. The molecule has 0 saturated carbocycles. The number of carbonyl (C=O) groups excluding carboxylic acids is 1. The fraction of sp³-hybridized carbons (Fsp3) is 0.346. The summed E-state index contributed by atoms with van der Waals surface area (Å²) in [4.78, 5) is 17.3. The number of benzene rings is 2. The first-order valence-corrected chi connectivity index (χ1v) is 11.9. The Kier molecular flexibility index (Phi) is 6.94. The van der Waals surface area contributed by atoms with Gasteiger partial charge in [0.25, 0.3) is 0 Å². The monoisotopic (exact) mass is 469 g/mol. The summed E-state index contributed by atoms with van der Waals surface area (Å²) < 4.78 is 0. The molecule has 2 heterocycles. The molecule has 1 amide bonds. The molecule has 1 unspecified atom stereocenters. The van der Waals surface area contributed by atoms with Crippen molar-refractivity contribution in [1.82, 2.24) is 10.2 Å². The highest BCUT2D eigenvalue weighted by Crippen LogP contribution is 2.35. The summed E-state index contributed by atoms with van der Waals surface area (Å²) in [5.74, 6) is 0.120. The molecule has 0 aromatic heterocycles. The molecule has 1 atom stereocenters. The number of hydrogen-bond donors (Lipinski definition) is 1. The quantitative estimate of drug-likeness (QED) is 0.591. The number of amides is 1. The van der Waals surface area contributed by atoms with Gasteiger partial charge in [0.1, 0.15) is 0 Å².